The van der Waals surface area contributed by atoms with Crippen LogP contribution in [0, 0.1) is 0 Å². The number of hydrogen-bond acceptors (Lipinski definition) is 7. The first-order valence-corrected chi connectivity index (χ1v) is 10.7. The molecule has 1 saturated heterocycles. The molecule has 3 aromatic rings. The lowest BCUT2D eigenvalue weighted by Gasteiger charge is -2.35. The van der Waals surface area contributed by atoms with Gasteiger partial charge in [0.1, 0.15) is 12.3 Å². The standard InChI is InChI=1S/C22H28N6O5/c1-25-14-24-20-19(25)21(30)28(22(31)26(20)2)13-18(29)23-12-17(27-8-10-33-11-9-27)15-4-6-16(32-3)7-5-15/h4-7,14,17H,8-13H2,1-3H3,(H,23,29)/t17-/m1/s1. The summed E-state index contributed by atoms with van der Waals surface area (Å²) in [5.74, 6) is 0.340. The zero-order valence-electron chi connectivity index (χ0n) is 19.0. The van der Waals surface area contributed by atoms with Crippen LogP contribution in [-0.2, 0) is 30.2 Å². The van der Waals surface area contributed by atoms with Gasteiger partial charge >= 0.3 is 5.69 Å². The van der Waals surface area contributed by atoms with Crippen LogP contribution in [0.5, 0.6) is 5.75 Å². The van der Waals surface area contributed by atoms with Gasteiger partial charge in [-0.25, -0.2) is 14.3 Å². The van der Waals surface area contributed by atoms with Crippen LogP contribution < -0.4 is 21.3 Å². The molecule has 0 radical (unpaired) electrons. The molecule has 1 atom stereocenters. The number of carbonyl (C=O) groups excluding carboxylic acids is 1. The number of fused-ring (bicyclic) bond motifs is 1. The minimum absolute atomic E-state index is 0.0807. The van der Waals surface area contributed by atoms with Gasteiger partial charge in [0.15, 0.2) is 11.2 Å². The Morgan fingerprint density at radius 3 is 2.55 bits per heavy atom. The number of imidazole rings is 1. The highest BCUT2D eigenvalue weighted by atomic mass is 16.5. The van der Waals surface area contributed by atoms with E-state index in [4.69, 9.17) is 9.47 Å². The second kappa shape index (κ2) is 9.59. The molecular weight excluding hydrogens is 428 g/mol. The van der Waals surface area contributed by atoms with Crippen molar-refractivity contribution in [2.45, 2.75) is 12.6 Å². The highest BCUT2D eigenvalue weighted by Crippen LogP contribution is 2.23. The summed E-state index contributed by atoms with van der Waals surface area (Å²) in [6.45, 7) is 2.68. The Morgan fingerprint density at radius 2 is 1.88 bits per heavy atom. The number of hydrogen-bond donors (Lipinski definition) is 1. The zero-order chi connectivity index (χ0) is 23.5. The van der Waals surface area contributed by atoms with Gasteiger partial charge in [-0.2, -0.15) is 0 Å². The lowest BCUT2D eigenvalue weighted by molar-refractivity contribution is -0.122. The molecule has 0 aliphatic carbocycles. The van der Waals surface area contributed by atoms with Crippen LogP contribution in [0.2, 0.25) is 0 Å². The van der Waals surface area contributed by atoms with Crippen LogP contribution in [-0.4, -0.2) is 69.5 Å². The number of morpholine rings is 1. The van der Waals surface area contributed by atoms with E-state index < -0.39 is 17.2 Å². The van der Waals surface area contributed by atoms with Crippen LogP contribution in [0.3, 0.4) is 0 Å². The van der Waals surface area contributed by atoms with Crippen molar-refractivity contribution in [2.75, 3.05) is 40.0 Å². The van der Waals surface area contributed by atoms with E-state index in [1.807, 2.05) is 24.3 Å². The monoisotopic (exact) mass is 456 g/mol. The molecule has 1 aliphatic rings. The number of benzene rings is 1. The Kier molecular flexibility index (Phi) is 6.61. The molecule has 1 fully saturated rings. The van der Waals surface area contributed by atoms with E-state index in [1.165, 1.54) is 17.9 Å². The summed E-state index contributed by atoms with van der Waals surface area (Å²) in [4.78, 5) is 44.7. The average molecular weight is 457 g/mol. The maximum Gasteiger partial charge on any atom is 0.332 e. The number of aryl methyl sites for hydroxylation is 2. The van der Waals surface area contributed by atoms with Gasteiger partial charge in [0.25, 0.3) is 5.56 Å². The van der Waals surface area contributed by atoms with Crippen LogP contribution in [0.15, 0.2) is 40.2 Å². The van der Waals surface area contributed by atoms with E-state index >= 15 is 0 Å². The molecule has 1 amide bonds. The number of rotatable bonds is 7. The van der Waals surface area contributed by atoms with E-state index in [0.717, 1.165) is 29.0 Å². The van der Waals surface area contributed by atoms with Crippen molar-refractivity contribution in [2.24, 2.45) is 14.1 Å². The number of nitrogens with zero attached hydrogens (tertiary/aromatic N) is 5. The molecule has 33 heavy (non-hydrogen) atoms. The summed E-state index contributed by atoms with van der Waals surface area (Å²) in [7, 11) is 4.82. The lowest BCUT2D eigenvalue weighted by atomic mass is 10.0. The van der Waals surface area contributed by atoms with Crippen LogP contribution in [0.1, 0.15) is 11.6 Å². The van der Waals surface area contributed by atoms with Crippen molar-refractivity contribution >= 4 is 17.1 Å². The van der Waals surface area contributed by atoms with Crippen molar-refractivity contribution in [3.63, 3.8) is 0 Å². The lowest BCUT2D eigenvalue weighted by Crippen LogP contribution is -2.46. The molecule has 0 bridgehead atoms. The zero-order valence-corrected chi connectivity index (χ0v) is 19.0. The molecule has 0 spiro atoms. The number of carbonyl (C=O) groups is 1. The van der Waals surface area contributed by atoms with E-state index in [2.05, 4.69) is 15.2 Å². The Labute approximate surface area is 190 Å². The van der Waals surface area contributed by atoms with Crippen molar-refractivity contribution in [3.05, 3.63) is 57.0 Å². The largest absolute Gasteiger partial charge is 0.497 e. The average Bonchev–Trinajstić information content (AvgIpc) is 3.23. The summed E-state index contributed by atoms with van der Waals surface area (Å²) < 4.78 is 14.5. The smallest absolute Gasteiger partial charge is 0.332 e. The molecule has 176 valence electrons. The first-order valence-electron chi connectivity index (χ1n) is 10.7. The second-order valence-corrected chi connectivity index (χ2v) is 8.00. The molecular formula is C22H28N6O5. The third-order valence-corrected chi connectivity index (χ3v) is 5.98. The molecule has 0 saturated carbocycles. The summed E-state index contributed by atoms with van der Waals surface area (Å²) in [6.07, 6.45) is 1.47. The topological polar surface area (TPSA) is 113 Å². The predicted octanol–water partition coefficient (Wildman–Crippen LogP) is -0.368. The van der Waals surface area contributed by atoms with E-state index in [0.29, 0.717) is 19.8 Å². The summed E-state index contributed by atoms with van der Waals surface area (Å²) in [5, 5.41) is 2.90. The van der Waals surface area contributed by atoms with Gasteiger partial charge in [-0.3, -0.25) is 19.1 Å². The van der Waals surface area contributed by atoms with E-state index in [-0.39, 0.29) is 23.8 Å². The Morgan fingerprint density at radius 1 is 1.18 bits per heavy atom. The first-order chi connectivity index (χ1) is 15.9. The van der Waals surface area contributed by atoms with Crippen LogP contribution in [0.25, 0.3) is 11.2 Å². The fraction of sp³-hybridized carbons (Fsp3) is 0.455. The van der Waals surface area contributed by atoms with Crippen molar-refractivity contribution < 1.29 is 14.3 Å². The van der Waals surface area contributed by atoms with Gasteiger partial charge in [0.05, 0.1) is 32.7 Å². The molecule has 2 aromatic heterocycles. The van der Waals surface area contributed by atoms with Gasteiger partial charge in [0.2, 0.25) is 5.91 Å². The quantitative estimate of drug-likeness (QED) is 0.516. The van der Waals surface area contributed by atoms with Crippen LogP contribution in [0.4, 0.5) is 0 Å². The van der Waals surface area contributed by atoms with Crippen LogP contribution >= 0.6 is 0 Å². The van der Waals surface area contributed by atoms with Gasteiger partial charge in [0, 0.05) is 33.7 Å². The van der Waals surface area contributed by atoms with Crippen molar-refractivity contribution in [3.8, 4) is 5.75 Å². The molecule has 11 nitrogen and oxygen atoms in total. The minimum atomic E-state index is -0.582. The maximum atomic E-state index is 12.9. The highest BCUT2D eigenvalue weighted by Gasteiger charge is 2.24. The van der Waals surface area contributed by atoms with Gasteiger partial charge < -0.3 is 19.4 Å². The SMILES string of the molecule is COc1ccc([C@@H](CNC(=O)Cn2c(=O)c3c(ncn3C)n(C)c2=O)N2CCOCC2)cc1. The number of ether oxygens (including phenoxy) is 2. The molecule has 0 unspecified atom stereocenters. The summed E-state index contributed by atoms with van der Waals surface area (Å²) in [5.41, 5.74) is 0.470. The molecule has 1 aromatic carbocycles. The highest BCUT2D eigenvalue weighted by molar-refractivity contribution is 5.76. The van der Waals surface area contributed by atoms with E-state index in [9.17, 15) is 14.4 Å². The third kappa shape index (κ3) is 4.55. The number of methoxy groups -OCH3 is 1. The normalized spacial score (nSPS) is 15.5. The summed E-state index contributed by atoms with van der Waals surface area (Å²) in [6, 6.07) is 7.64. The first kappa shape index (κ1) is 22.7. The van der Waals surface area contributed by atoms with Crippen molar-refractivity contribution in [1.82, 2.24) is 28.9 Å². The molecule has 1 aliphatic heterocycles. The molecule has 11 heteroatoms. The Balaban J connectivity index is 1.53. The Hall–Kier alpha value is -3.44. The van der Waals surface area contributed by atoms with Gasteiger partial charge in [-0.15, -0.1) is 0 Å². The minimum Gasteiger partial charge on any atom is -0.497 e. The fourth-order valence-electron chi connectivity index (χ4n) is 4.12. The van der Waals surface area contributed by atoms with Gasteiger partial charge in [-0.05, 0) is 17.7 Å². The predicted molar refractivity (Wildman–Crippen MR) is 121 cm³/mol. The third-order valence-electron chi connectivity index (χ3n) is 5.98. The number of nitrogens with one attached hydrogen (secondary N) is 1. The fourth-order valence-corrected chi connectivity index (χ4v) is 4.12. The number of aromatic nitrogens is 4. The summed E-state index contributed by atoms with van der Waals surface area (Å²) >= 11 is 0. The Bertz CT molecular complexity index is 1250. The molecule has 3 heterocycles. The molecule has 1 N–H and O–H groups in total. The number of amides is 1. The van der Waals surface area contributed by atoms with E-state index in [1.54, 1.807) is 18.7 Å². The van der Waals surface area contributed by atoms with Gasteiger partial charge in [-0.1, -0.05) is 12.1 Å². The second-order valence-electron chi connectivity index (χ2n) is 8.00. The maximum absolute atomic E-state index is 12.9. The van der Waals surface area contributed by atoms with Crippen molar-refractivity contribution in [1.29, 1.82) is 0 Å². The molecule has 4 rings (SSSR count).